The zero-order valence-corrected chi connectivity index (χ0v) is 18.8. The Kier molecular flexibility index (Phi) is 6.99. The highest BCUT2D eigenvalue weighted by Crippen LogP contribution is 2.36. The van der Waals surface area contributed by atoms with Crippen LogP contribution in [0, 0.1) is 0 Å². The molecule has 1 saturated heterocycles. The van der Waals surface area contributed by atoms with Crippen LogP contribution in [0.1, 0.15) is 29.5 Å². The van der Waals surface area contributed by atoms with Gasteiger partial charge in [-0.15, -0.1) is 0 Å². The Hall–Kier alpha value is -2.70. The monoisotopic (exact) mass is 480 g/mol. The number of aromatic nitrogens is 1. The molecule has 5 nitrogen and oxygen atoms in total. The van der Waals surface area contributed by atoms with Crippen molar-refractivity contribution in [3.05, 3.63) is 94.2 Å². The molecule has 1 aliphatic rings. The Morgan fingerprint density at radius 2 is 1.77 bits per heavy atom. The van der Waals surface area contributed by atoms with Crippen molar-refractivity contribution < 1.29 is 14.3 Å². The SMILES string of the molecule is O=C(NCc1ccc(OCc2cccnc2)cc1)C1(c2ccc(Br)cc2)CCOCC1. The lowest BCUT2D eigenvalue weighted by molar-refractivity contribution is -0.130. The number of carbonyl (C=O) groups excluding carboxylic acids is 1. The predicted octanol–water partition coefficient (Wildman–Crippen LogP) is 4.79. The van der Waals surface area contributed by atoms with E-state index < -0.39 is 5.41 Å². The smallest absolute Gasteiger partial charge is 0.231 e. The molecule has 0 aliphatic carbocycles. The number of carbonyl (C=O) groups is 1. The van der Waals surface area contributed by atoms with Gasteiger partial charge >= 0.3 is 0 Å². The molecule has 0 bridgehead atoms. The molecule has 0 atom stereocenters. The minimum absolute atomic E-state index is 0.0510. The van der Waals surface area contributed by atoms with Crippen LogP contribution in [0.3, 0.4) is 0 Å². The second-order valence-corrected chi connectivity index (χ2v) is 8.59. The van der Waals surface area contributed by atoms with Crippen molar-refractivity contribution in [3.63, 3.8) is 0 Å². The van der Waals surface area contributed by atoms with E-state index in [-0.39, 0.29) is 5.91 Å². The molecule has 4 rings (SSSR count). The van der Waals surface area contributed by atoms with Crippen molar-refractivity contribution in [1.29, 1.82) is 0 Å². The maximum atomic E-state index is 13.3. The molecule has 0 radical (unpaired) electrons. The minimum Gasteiger partial charge on any atom is -0.489 e. The molecule has 3 aromatic rings. The molecule has 0 unspecified atom stereocenters. The van der Waals surface area contributed by atoms with E-state index in [0.29, 0.717) is 39.2 Å². The highest BCUT2D eigenvalue weighted by atomic mass is 79.9. The summed E-state index contributed by atoms with van der Waals surface area (Å²) in [6, 6.07) is 19.7. The van der Waals surface area contributed by atoms with Crippen LogP contribution in [0.2, 0.25) is 0 Å². The van der Waals surface area contributed by atoms with Gasteiger partial charge in [0.25, 0.3) is 0 Å². The number of hydrogen-bond acceptors (Lipinski definition) is 4. The van der Waals surface area contributed by atoms with Crippen LogP contribution < -0.4 is 10.1 Å². The number of pyridine rings is 1. The van der Waals surface area contributed by atoms with Crippen LogP contribution in [0.25, 0.3) is 0 Å². The number of halogens is 1. The lowest BCUT2D eigenvalue weighted by atomic mass is 9.73. The van der Waals surface area contributed by atoms with Gasteiger partial charge in [0.2, 0.25) is 5.91 Å². The van der Waals surface area contributed by atoms with Gasteiger partial charge < -0.3 is 14.8 Å². The van der Waals surface area contributed by atoms with E-state index >= 15 is 0 Å². The lowest BCUT2D eigenvalue weighted by Crippen LogP contribution is -2.47. The highest BCUT2D eigenvalue weighted by molar-refractivity contribution is 9.10. The molecular weight excluding hydrogens is 456 g/mol. The van der Waals surface area contributed by atoms with Crippen molar-refractivity contribution in [2.75, 3.05) is 13.2 Å². The van der Waals surface area contributed by atoms with Gasteiger partial charge in [0.15, 0.2) is 0 Å². The Balaban J connectivity index is 1.38. The van der Waals surface area contributed by atoms with Gasteiger partial charge in [-0.05, 0) is 54.3 Å². The summed E-state index contributed by atoms with van der Waals surface area (Å²) in [5.74, 6) is 0.838. The first-order valence-corrected chi connectivity index (χ1v) is 11.2. The summed E-state index contributed by atoms with van der Waals surface area (Å²) in [4.78, 5) is 17.4. The number of amides is 1. The first-order chi connectivity index (χ1) is 15.2. The zero-order valence-electron chi connectivity index (χ0n) is 17.2. The summed E-state index contributed by atoms with van der Waals surface area (Å²) in [6.45, 7) is 2.13. The standard InChI is InChI=1S/C25H25BrN2O3/c26-22-7-5-21(6-8-22)25(11-14-30-15-12-25)24(29)28-17-19-3-9-23(10-4-19)31-18-20-2-1-13-27-16-20/h1-10,13,16H,11-12,14-15,17-18H2,(H,28,29). The Labute approximate surface area is 190 Å². The molecule has 1 N–H and O–H groups in total. The van der Waals surface area contributed by atoms with E-state index in [2.05, 4.69) is 26.2 Å². The molecule has 2 aromatic carbocycles. The summed E-state index contributed by atoms with van der Waals surface area (Å²) in [5.41, 5.74) is 2.54. The first-order valence-electron chi connectivity index (χ1n) is 10.4. The van der Waals surface area contributed by atoms with Crippen LogP contribution in [-0.4, -0.2) is 24.1 Å². The van der Waals surface area contributed by atoms with Crippen molar-refractivity contribution in [3.8, 4) is 5.75 Å². The van der Waals surface area contributed by atoms with Gasteiger partial charge in [-0.25, -0.2) is 0 Å². The second-order valence-electron chi connectivity index (χ2n) is 7.68. The number of hydrogen-bond donors (Lipinski definition) is 1. The normalized spacial score (nSPS) is 15.3. The van der Waals surface area contributed by atoms with Crippen molar-refractivity contribution in [2.24, 2.45) is 0 Å². The van der Waals surface area contributed by atoms with Gasteiger partial charge in [-0.3, -0.25) is 9.78 Å². The van der Waals surface area contributed by atoms with Crippen LogP contribution >= 0.6 is 15.9 Å². The quantitative estimate of drug-likeness (QED) is 0.528. The van der Waals surface area contributed by atoms with E-state index in [1.165, 1.54) is 0 Å². The molecule has 1 amide bonds. The first kappa shape index (κ1) is 21.5. The summed E-state index contributed by atoms with van der Waals surface area (Å²) < 4.78 is 12.4. The fraction of sp³-hybridized carbons (Fsp3) is 0.280. The van der Waals surface area contributed by atoms with Crippen LogP contribution in [0.5, 0.6) is 5.75 Å². The number of ether oxygens (including phenoxy) is 2. The summed E-state index contributed by atoms with van der Waals surface area (Å²) in [5, 5.41) is 3.14. The molecular formula is C25H25BrN2O3. The zero-order chi connectivity index (χ0) is 21.5. The van der Waals surface area contributed by atoms with E-state index in [0.717, 1.165) is 26.9 Å². The van der Waals surface area contributed by atoms with Gasteiger partial charge in [-0.2, -0.15) is 0 Å². The van der Waals surface area contributed by atoms with Gasteiger partial charge in [0, 0.05) is 42.2 Å². The van der Waals surface area contributed by atoms with E-state index in [4.69, 9.17) is 9.47 Å². The average molecular weight is 481 g/mol. The molecule has 6 heteroatoms. The summed E-state index contributed by atoms with van der Waals surface area (Å²) in [7, 11) is 0. The van der Waals surface area contributed by atoms with Gasteiger partial charge in [-0.1, -0.05) is 46.3 Å². The predicted molar refractivity (Wildman–Crippen MR) is 123 cm³/mol. The van der Waals surface area contributed by atoms with E-state index in [1.807, 2.05) is 60.7 Å². The Bertz CT molecular complexity index is 986. The van der Waals surface area contributed by atoms with E-state index in [1.54, 1.807) is 12.4 Å². The van der Waals surface area contributed by atoms with Crippen LogP contribution in [0.4, 0.5) is 0 Å². The lowest BCUT2D eigenvalue weighted by Gasteiger charge is -2.36. The maximum absolute atomic E-state index is 13.3. The van der Waals surface area contributed by atoms with Gasteiger partial charge in [0.1, 0.15) is 12.4 Å². The second kappa shape index (κ2) is 10.1. The summed E-state index contributed by atoms with van der Waals surface area (Å²) in [6.07, 6.45) is 4.90. The Morgan fingerprint density at radius 1 is 1.03 bits per heavy atom. The number of nitrogens with one attached hydrogen (secondary N) is 1. The van der Waals surface area contributed by atoms with Crippen molar-refractivity contribution in [1.82, 2.24) is 10.3 Å². The Morgan fingerprint density at radius 3 is 2.45 bits per heavy atom. The number of nitrogens with zero attached hydrogens (tertiary/aromatic N) is 1. The third-order valence-electron chi connectivity index (χ3n) is 5.68. The summed E-state index contributed by atoms with van der Waals surface area (Å²) >= 11 is 3.48. The van der Waals surface area contributed by atoms with Crippen LogP contribution in [0.15, 0.2) is 77.5 Å². The van der Waals surface area contributed by atoms with Crippen molar-refractivity contribution in [2.45, 2.75) is 31.4 Å². The average Bonchev–Trinajstić information content (AvgIpc) is 2.83. The molecule has 2 heterocycles. The molecule has 0 spiro atoms. The number of benzene rings is 2. The highest BCUT2D eigenvalue weighted by Gasteiger charge is 2.41. The van der Waals surface area contributed by atoms with Crippen LogP contribution in [-0.2, 0) is 28.1 Å². The molecule has 160 valence electrons. The minimum atomic E-state index is -0.550. The third-order valence-corrected chi connectivity index (χ3v) is 6.21. The van der Waals surface area contributed by atoms with Gasteiger partial charge in [0.05, 0.1) is 5.41 Å². The maximum Gasteiger partial charge on any atom is 0.231 e. The van der Waals surface area contributed by atoms with Crippen molar-refractivity contribution >= 4 is 21.8 Å². The fourth-order valence-corrected chi connectivity index (χ4v) is 4.11. The molecule has 0 saturated carbocycles. The fourth-order valence-electron chi connectivity index (χ4n) is 3.84. The topological polar surface area (TPSA) is 60.5 Å². The molecule has 1 aliphatic heterocycles. The largest absolute Gasteiger partial charge is 0.489 e. The number of rotatable bonds is 7. The van der Waals surface area contributed by atoms with E-state index in [9.17, 15) is 4.79 Å². The third kappa shape index (κ3) is 5.32. The molecule has 1 aromatic heterocycles. The molecule has 1 fully saturated rings. The molecule has 31 heavy (non-hydrogen) atoms.